The molecule has 94 valence electrons. The monoisotopic (exact) mass is 297 g/mol. The summed E-state index contributed by atoms with van der Waals surface area (Å²) in [5.74, 6) is 0.682. The quantitative estimate of drug-likeness (QED) is 0.875. The van der Waals surface area contributed by atoms with Crippen molar-refractivity contribution in [2.45, 2.75) is 44.2 Å². The van der Waals surface area contributed by atoms with Gasteiger partial charge in [0.05, 0.1) is 6.61 Å². The van der Waals surface area contributed by atoms with E-state index in [1.807, 2.05) is 0 Å². The third kappa shape index (κ3) is 3.30. The normalized spacial score (nSPS) is 25.4. The molecule has 2 N–H and O–H groups in total. The average Bonchev–Trinajstić information content (AvgIpc) is 2.28. The Balaban J connectivity index is 1.82. The zero-order valence-electron chi connectivity index (χ0n) is 10.2. The topological polar surface area (TPSA) is 32.3 Å². The van der Waals surface area contributed by atoms with Gasteiger partial charge in [-0.15, -0.1) is 0 Å². The van der Waals surface area contributed by atoms with Gasteiger partial charge in [-0.3, -0.25) is 0 Å². The van der Waals surface area contributed by atoms with Gasteiger partial charge in [0.2, 0.25) is 0 Å². The first-order chi connectivity index (χ1) is 8.22. The third-order valence-electron chi connectivity index (χ3n) is 3.64. The van der Waals surface area contributed by atoms with Crippen molar-refractivity contribution in [2.24, 2.45) is 0 Å². The fourth-order valence-corrected chi connectivity index (χ4v) is 2.84. The maximum absolute atomic E-state index is 9.15. The van der Waals surface area contributed by atoms with Crippen molar-refractivity contribution in [3.8, 4) is 0 Å². The van der Waals surface area contributed by atoms with Gasteiger partial charge in [-0.2, -0.15) is 0 Å². The molecule has 1 atom stereocenters. The Hall–Kier alpha value is -0.380. The summed E-state index contributed by atoms with van der Waals surface area (Å²) in [7, 11) is 0. The van der Waals surface area contributed by atoms with E-state index >= 15 is 0 Å². The number of halogens is 1. The van der Waals surface area contributed by atoms with Crippen molar-refractivity contribution in [3.63, 3.8) is 0 Å². The molecule has 1 aromatic carbocycles. The van der Waals surface area contributed by atoms with Crippen LogP contribution in [0.25, 0.3) is 0 Å². The molecule has 1 fully saturated rings. The summed E-state index contributed by atoms with van der Waals surface area (Å²) in [6.45, 7) is 2.35. The van der Waals surface area contributed by atoms with E-state index in [4.69, 9.17) is 5.11 Å². The second-order valence-electron chi connectivity index (χ2n) is 4.87. The van der Waals surface area contributed by atoms with E-state index in [9.17, 15) is 0 Å². The molecule has 0 heterocycles. The lowest BCUT2D eigenvalue weighted by Gasteiger charge is -2.38. The van der Waals surface area contributed by atoms with Gasteiger partial charge in [0.1, 0.15) is 0 Å². The Morgan fingerprint density at radius 3 is 2.82 bits per heavy atom. The van der Waals surface area contributed by atoms with Crippen molar-refractivity contribution in [1.29, 1.82) is 0 Å². The van der Waals surface area contributed by atoms with E-state index in [0.717, 1.165) is 10.9 Å². The van der Waals surface area contributed by atoms with Crippen LogP contribution in [0.15, 0.2) is 28.7 Å². The van der Waals surface area contributed by atoms with Gasteiger partial charge < -0.3 is 10.4 Å². The van der Waals surface area contributed by atoms with Gasteiger partial charge in [0.25, 0.3) is 0 Å². The Morgan fingerprint density at radius 2 is 2.24 bits per heavy atom. The second-order valence-corrected chi connectivity index (χ2v) is 5.79. The van der Waals surface area contributed by atoms with Crippen LogP contribution in [0, 0.1) is 0 Å². The first-order valence-corrected chi connectivity index (χ1v) is 7.14. The van der Waals surface area contributed by atoms with Crippen molar-refractivity contribution >= 4 is 15.9 Å². The molecule has 0 saturated heterocycles. The summed E-state index contributed by atoms with van der Waals surface area (Å²) in [4.78, 5) is 0. The zero-order valence-corrected chi connectivity index (χ0v) is 11.8. The molecule has 0 spiro atoms. The van der Waals surface area contributed by atoms with Crippen LogP contribution in [0.5, 0.6) is 0 Å². The number of nitrogens with one attached hydrogen (secondary N) is 1. The number of benzene rings is 1. The van der Waals surface area contributed by atoms with Crippen LogP contribution >= 0.6 is 15.9 Å². The third-order valence-corrected chi connectivity index (χ3v) is 4.14. The van der Waals surface area contributed by atoms with E-state index < -0.39 is 0 Å². The standard InChI is InChI=1S/C14H20BrNO/c1-2-13(9-17)16-14-7-11(8-14)10-4-3-5-12(15)6-10/h3-6,11,13-14,16-17H,2,7-9H2,1H3/t11?,13-,14?/m0/s1. The van der Waals surface area contributed by atoms with Crippen LogP contribution in [-0.2, 0) is 0 Å². The average molecular weight is 298 g/mol. The molecule has 0 unspecified atom stereocenters. The van der Waals surface area contributed by atoms with E-state index in [2.05, 4.69) is 52.4 Å². The summed E-state index contributed by atoms with van der Waals surface area (Å²) in [5, 5.41) is 12.7. The summed E-state index contributed by atoms with van der Waals surface area (Å²) in [6.07, 6.45) is 3.37. The zero-order chi connectivity index (χ0) is 12.3. The summed E-state index contributed by atoms with van der Waals surface area (Å²) >= 11 is 3.51. The Labute approximate surface area is 112 Å². The molecule has 0 aliphatic heterocycles. The fourth-order valence-electron chi connectivity index (χ4n) is 2.42. The highest BCUT2D eigenvalue weighted by Crippen LogP contribution is 2.37. The Kier molecular flexibility index (Phi) is 4.60. The van der Waals surface area contributed by atoms with Gasteiger partial charge >= 0.3 is 0 Å². The highest BCUT2D eigenvalue weighted by molar-refractivity contribution is 9.10. The van der Waals surface area contributed by atoms with E-state index in [0.29, 0.717) is 12.0 Å². The summed E-state index contributed by atoms with van der Waals surface area (Å²) in [6, 6.07) is 9.43. The molecule has 3 heteroatoms. The molecule has 0 bridgehead atoms. The van der Waals surface area contributed by atoms with Gasteiger partial charge in [-0.1, -0.05) is 35.0 Å². The summed E-state index contributed by atoms with van der Waals surface area (Å²) < 4.78 is 1.16. The smallest absolute Gasteiger partial charge is 0.0584 e. The molecule has 0 amide bonds. The van der Waals surface area contributed by atoms with Crippen LogP contribution in [0.3, 0.4) is 0 Å². The van der Waals surface area contributed by atoms with Gasteiger partial charge in [-0.25, -0.2) is 0 Å². The van der Waals surface area contributed by atoms with Gasteiger partial charge in [-0.05, 0) is 42.9 Å². The highest BCUT2D eigenvalue weighted by Gasteiger charge is 2.31. The number of aliphatic hydroxyl groups excluding tert-OH is 1. The minimum Gasteiger partial charge on any atom is -0.395 e. The fraction of sp³-hybridized carbons (Fsp3) is 0.571. The highest BCUT2D eigenvalue weighted by atomic mass is 79.9. The molecular weight excluding hydrogens is 278 g/mol. The lowest BCUT2D eigenvalue weighted by molar-refractivity contribution is 0.193. The van der Waals surface area contributed by atoms with E-state index in [1.54, 1.807) is 0 Å². The summed E-state index contributed by atoms with van der Waals surface area (Å²) in [5.41, 5.74) is 1.43. The molecule has 2 rings (SSSR count). The molecule has 0 aromatic heterocycles. The molecule has 1 aliphatic carbocycles. The maximum Gasteiger partial charge on any atom is 0.0584 e. The van der Waals surface area contributed by atoms with Crippen molar-refractivity contribution in [3.05, 3.63) is 34.3 Å². The number of aliphatic hydroxyl groups is 1. The maximum atomic E-state index is 9.15. The Morgan fingerprint density at radius 1 is 1.47 bits per heavy atom. The van der Waals surface area contributed by atoms with Crippen LogP contribution < -0.4 is 5.32 Å². The van der Waals surface area contributed by atoms with E-state index in [1.165, 1.54) is 18.4 Å². The largest absolute Gasteiger partial charge is 0.395 e. The lowest BCUT2D eigenvalue weighted by Crippen LogP contribution is -2.46. The minimum absolute atomic E-state index is 0.245. The number of hydrogen-bond acceptors (Lipinski definition) is 2. The lowest BCUT2D eigenvalue weighted by atomic mass is 9.75. The molecule has 1 saturated carbocycles. The Bertz CT molecular complexity index is 359. The predicted octanol–water partition coefficient (Wildman–Crippen LogP) is 3.06. The predicted molar refractivity (Wildman–Crippen MR) is 74.2 cm³/mol. The van der Waals surface area contributed by atoms with Crippen LogP contribution in [0.4, 0.5) is 0 Å². The van der Waals surface area contributed by atoms with Crippen LogP contribution in [-0.4, -0.2) is 23.8 Å². The first-order valence-electron chi connectivity index (χ1n) is 6.35. The van der Waals surface area contributed by atoms with Gasteiger partial charge in [0, 0.05) is 16.6 Å². The number of rotatable bonds is 5. The first kappa shape index (κ1) is 13.1. The van der Waals surface area contributed by atoms with Crippen molar-refractivity contribution in [1.82, 2.24) is 5.32 Å². The minimum atomic E-state index is 0.245. The molecule has 1 aliphatic rings. The van der Waals surface area contributed by atoms with Crippen LogP contribution in [0.1, 0.15) is 37.7 Å². The van der Waals surface area contributed by atoms with E-state index in [-0.39, 0.29) is 12.6 Å². The van der Waals surface area contributed by atoms with Crippen LogP contribution in [0.2, 0.25) is 0 Å². The molecule has 2 nitrogen and oxygen atoms in total. The SMILES string of the molecule is CC[C@@H](CO)NC1CC(c2cccc(Br)c2)C1. The molecule has 17 heavy (non-hydrogen) atoms. The molecule has 1 aromatic rings. The van der Waals surface area contributed by atoms with Crippen molar-refractivity contribution in [2.75, 3.05) is 6.61 Å². The second kappa shape index (κ2) is 5.98. The molecular formula is C14H20BrNO. The van der Waals surface area contributed by atoms with Gasteiger partial charge in [0.15, 0.2) is 0 Å². The molecule has 0 radical (unpaired) electrons. The number of hydrogen-bond donors (Lipinski definition) is 2. The van der Waals surface area contributed by atoms with Crippen molar-refractivity contribution < 1.29 is 5.11 Å².